The summed E-state index contributed by atoms with van der Waals surface area (Å²) in [6.07, 6.45) is 1.59. The molecule has 0 aliphatic heterocycles. The van der Waals surface area contributed by atoms with Gasteiger partial charge < -0.3 is 10.6 Å². The fourth-order valence-corrected chi connectivity index (χ4v) is 1.39. The molecule has 1 heterocycles. The van der Waals surface area contributed by atoms with Gasteiger partial charge in [-0.2, -0.15) is 10.2 Å². The average molecular weight is 243 g/mol. The molecule has 6 heteroatoms. The Kier molecular flexibility index (Phi) is 3.34. The average Bonchev–Trinajstić information content (AvgIpc) is 2.41. The van der Waals surface area contributed by atoms with E-state index in [1.54, 1.807) is 25.4 Å². The molecule has 5 nitrogen and oxygen atoms in total. The third-order valence-corrected chi connectivity index (χ3v) is 2.24. The Morgan fingerprint density at radius 3 is 2.89 bits per heavy atom. The van der Waals surface area contributed by atoms with Crippen LogP contribution in [-0.4, -0.2) is 17.0 Å². The molecule has 0 saturated carbocycles. The summed E-state index contributed by atoms with van der Waals surface area (Å²) in [5.74, 6) is 0.495. The topological polar surface area (TPSA) is 73.6 Å². The van der Waals surface area contributed by atoms with Gasteiger partial charge in [-0.1, -0.05) is 0 Å². The van der Waals surface area contributed by atoms with E-state index in [0.29, 0.717) is 17.5 Å². The zero-order valence-electron chi connectivity index (χ0n) is 9.61. The molecular weight excluding hydrogens is 233 g/mol. The molecule has 0 aliphatic rings. The first-order valence-electron chi connectivity index (χ1n) is 5.20. The van der Waals surface area contributed by atoms with Gasteiger partial charge in [0.25, 0.3) is 0 Å². The first-order chi connectivity index (χ1) is 8.72. The van der Waals surface area contributed by atoms with Crippen LogP contribution in [0.25, 0.3) is 0 Å². The molecule has 2 rings (SSSR count). The van der Waals surface area contributed by atoms with Crippen LogP contribution in [0.4, 0.5) is 21.8 Å². The molecule has 0 amide bonds. The predicted molar refractivity (Wildman–Crippen MR) is 66.0 cm³/mol. The number of anilines is 3. The van der Waals surface area contributed by atoms with Gasteiger partial charge in [-0.05, 0) is 24.3 Å². The number of aromatic nitrogens is 2. The van der Waals surface area contributed by atoms with Crippen molar-refractivity contribution in [3.8, 4) is 6.07 Å². The van der Waals surface area contributed by atoms with Crippen molar-refractivity contribution in [2.45, 2.75) is 0 Å². The van der Waals surface area contributed by atoms with Gasteiger partial charge in [0, 0.05) is 18.9 Å². The lowest BCUT2D eigenvalue weighted by Gasteiger charge is -2.07. The molecule has 0 bridgehead atoms. The lowest BCUT2D eigenvalue weighted by atomic mass is 10.2. The molecule has 1 aromatic heterocycles. The third kappa shape index (κ3) is 2.52. The highest BCUT2D eigenvalue weighted by molar-refractivity contribution is 5.59. The smallest absolute Gasteiger partial charge is 0.224 e. The van der Waals surface area contributed by atoms with Crippen LogP contribution in [0.15, 0.2) is 30.5 Å². The minimum Gasteiger partial charge on any atom is -0.357 e. The first-order valence-corrected chi connectivity index (χ1v) is 5.20. The van der Waals surface area contributed by atoms with Crippen molar-refractivity contribution in [2.75, 3.05) is 17.7 Å². The second kappa shape index (κ2) is 5.10. The zero-order valence-corrected chi connectivity index (χ0v) is 9.61. The van der Waals surface area contributed by atoms with Crippen molar-refractivity contribution in [3.63, 3.8) is 0 Å². The van der Waals surface area contributed by atoms with Crippen molar-refractivity contribution >= 4 is 17.5 Å². The largest absolute Gasteiger partial charge is 0.357 e. The molecular formula is C12H10FN5. The highest BCUT2D eigenvalue weighted by Gasteiger charge is 2.04. The van der Waals surface area contributed by atoms with Gasteiger partial charge in [-0.15, -0.1) is 0 Å². The number of halogens is 1. The van der Waals surface area contributed by atoms with E-state index in [1.807, 2.05) is 0 Å². The zero-order chi connectivity index (χ0) is 13.0. The summed E-state index contributed by atoms with van der Waals surface area (Å²) in [4.78, 5) is 8.13. The van der Waals surface area contributed by atoms with Crippen LogP contribution >= 0.6 is 0 Å². The Labute approximate surface area is 103 Å². The van der Waals surface area contributed by atoms with Crippen LogP contribution in [0, 0.1) is 17.1 Å². The number of hydrogen-bond donors (Lipinski definition) is 2. The molecule has 0 atom stereocenters. The molecule has 0 spiro atoms. The second-order valence-corrected chi connectivity index (χ2v) is 3.45. The van der Waals surface area contributed by atoms with E-state index in [0.717, 1.165) is 0 Å². The fourth-order valence-electron chi connectivity index (χ4n) is 1.39. The normalized spacial score (nSPS) is 9.61. The summed E-state index contributed by atoms with van der Waals surface area (Å²) in [7, 11) is 1.71. The third-order valence-electron chi connectivity index (χ3n) is 2.24. The summed E-state index contributed by atoms with van der Waals surface area (Å²) in [5, 5.41) is 14.5. The molecule has 1 aromatic carbocycles. The standard InChI is InChI=1S/C12H10FN5/c1-15-12-16-5-4-11(18-12)17-9-2-3-10(13)8(6-9)7-14/h2-6H,1H3,(H2,15,16,17,18). The Hall–Kier alpha value is -2.68. The van der Waals surface area contributed by atoms with Crippen LogP contribution in [0.5, 0.6) is 0 Å². The SMILES string of the molecule is CNc1nccc(Nc2ccc(F)c(C#N)c2)n1. The maximum Gasteiger partial charge on any atom is 0.224 e. The van der Waals surface area contributed by atoms with E-state index < -0.39 is 5.82 Å². The minimum atomic E-state index is -0.540. The number of nitriles is 1. The maximum absolute atomic E-state index is 13.1. The van der Waals surface area contributed by atoms with E-state index in [9.17, 15) is 4.39 Å². The van der Waals surface area contributed by atoms with E-state index in [1.165, 1.54) is 18.2 Å². The molecule has 0 radical (unpaired) electrons. The Morgan fingerprint density at radius 2 is 2.17 bits per heavy atom. The Morgan fingerprint density at radius 1 is 1.33 bits per heavy atom. The summed E-state index contributed by atoms with van der Waals surface area (Å²) >= 11 is 0. The van der Waals surface area contributed by atoms with Gasteiger partial charge in [0.2, 0.25) is 5.95 Å². The van der Waals surface area contributed by atoms with Crippen molar-refractivity contribution < 1.29 is 4.39 Å². The van der Waals surface area contributed by atoms with Crippen LogP contribution < -0.4 is 10.6 Å². The van der Waals surface area contributed by atoms with Gasteiger partial charge in [0.05, 0.1) is 5.56 Å². The summed E-state index contributed by atoms with van der Waals surface area (Å²) in [6.45, 7) is 0. The Bertz CT molecular complexity index is 606. The highest BCUT2D eigenvalue weighted by Crippen LogP contribution is 2.18. The van der Waals surface area contributed by atoms with E-state index in [4.69, 9.17) is 5.26 Å². The molecule has 90 valence electrons. The highest BCUT2D eigenvalue weighted by atomic mass is 19.1. The maximum atomic E-state index is 13.1. The van der Waals surface area contributed by atoms with E-state index in [-0.39, 0.29) is 5.56 Å². The molecule has 2 aromatic rings. The van der Waals surface area contributed by atoms with Gasteiger partial charge in [-0.3, -0.25) is 0 Å². The van der Waals surface area contributed by atoms with Crippen LogP contribution in [-0.2, 0) is 0 Å². The van der Waals surface area contributed by atoms with Crippen LogP contribution in [0.1, 0.15) is 5.56 Å². The number of nitrogens with zero attached hydrogens (tertiary/aromatic N) is 3. The first kappa shape index (κ1) is 11.8. The molecule has 0 fully saturated rings. The van der Waals surface area contributed by atoms with Crippen molar-refractivity contribution in [2.24, 2.45) is 0 Å². The van der Waals surface area contributed by atoms with Gasteiger partial charge >= 0.3 is 0 Å². The fraction of sp³-hybridized carbons (Fsp3) is 0.0833. The lowest BCUT2D eigenvalue weighted by Crippen LogP contribution is -2.00. The van der Waals surface area contributed by atoms with Crippen molar-refractivity contribution in [3.05, 3.63) is 41.8 Å². The van der Waals surface area contributed by atoms with E-state index in [2.05, 4.69) is 20.6 Å². The van der Waals surface area contributed by atoms with Gasteiger partial charge in [0.1, 0.15) is 17.7 Å². The predicted octanol–water partition coefficient (Wildman–Crippen LogP) is 2.27. The monoisotopic (exact) mass is 243 g/mol. The Balaban J connectivity index is 2.26. The van der Waals surface area contributed by atoms with Gasteiger partial charge in [-0.25, -0.2) is 9.37 Å². The molecule has 0 aliphatic carbocycles. The second-order valence-electron chi connectivity index (χ2n) is 3.45. The van der Waals surface area contributed by atoms with Gasteiger partial charge in [0.15, 0.2) is 0 Å². The van der Waals surface area contributed by atoms with Crippen molar-refractivity contribution in [1.29, 1.82) is 5.26 Å². The quantitative estimate of drug-likeness (QED) is 0.865. The lowest BCUT2D eigenvalue weighted by molar-refractivity contribution is 0.624. The molecule has 0 unspecified atom stereocenters. The number of rotatable bonds is 3. The van der Waals surface area contributed by atoms with Crippen LogP contribution in [0.3, 0.4) is 0 Å². The minimum absolute atomic E-state index is 0.0112. The van der Waals surface area contributed by atoms with E-state index >= 15 is 0 Å². The summed E-state index contributed by atoms with van der Waals surface area (Å²) in [6, 6.07) is 7.66. The van der Waals surface area contributed by atoms with Crippen LogP contribution in [0.2, 0.25) is 0 Å². The summed E-state index contributed by atoms with van der Waals surface area (Å²) < 4.78 is 13.1. The molecule has 0 saturated heterocycles. The molecule has 18 heavy (non-hydrogen) atoms. The number of hydrogen-bond acceptors (Lipinski definition) is 5. The number of benzene rings is 1. The summed E-state index contributed by atoms with van der Waals surface area (Å²) in [5.41, 5.74) is 0.580. The molecule has 2 N–H and O–H groups in total. The number of nitrogens with one attached hydrogen (secondary N) is 2. The van der Waals surface area contributed by atoms with Crippen molar-refractivity contribution in [1.82, 2.24) is 9.97 Å².